The summed E-state index contributed by atoms with van der Waals surface area (Å²) in [5, 5.41) is 0. The maximum atomic E-state index is 8.58. The van der Waals surface area contributed by atoms with Gasteiger partial charge in [0.25, 0.3) is 0 Å². The summed E-state index contributed by atoms with van der Waals surface area (Å²) in [6.07, 6.45) is 0. The first-order valence-electron chi connectivity index (χ1n) is 1.22. The third-order valence-electron chi connectivity index (χ3n) is 0. The van der Waals surface area contributed by atoms with E-state index in [1.165, 1.54) is 0 Å². The molecule has 0 aliphatic carbocycles. The molecule has 0 bridgehead atoms. The summed E-state index contributed by atoms with van der Waals surface area (Å²) in [5.41, 5.74) is 0. The smallest absolute Gasteiger partial charge is 2.00 e. The van der Waals surface area contributed by atoms with Crippen LogP contribution < -0.4 is 14.8 Å². The van der Waals surface area contributed by atoms with E-state index in [1.54, 1.807) is 0 Å². The molecule has 0 heterocycles. The second kappa shape index (κ2) is 24.4. The van der Waals surface area contributed by atoms with Crippen molar-refractivity contribution in [2.45, 2.75) is 0 Å². The van der Waals surface area contributed by atoms with Gasteiger partial charge in [0.2, 0.25) is 0 Å². The fourth-order valence-corrected chi connectivity index (χ4v) is 0. The second-order valence-corrected chi connectivity index (χ2v) is 2.06. The molecule has 0 N–H and O–H groups in total. The van der Waals surface area contributed by atoms with E-state index in [4.69, 9.17) is 21.4 Å². The van der Waals surface area contributed by atoms with Gasteiger partial charge < -0.3 is 0 Å². The zero-order valence-corrected chi connectivity index (χ0v) is 15.9. The quantitative estimate of drug-likeness (QED) is 0.332. The summed E-state index contributed by atoms with van der Waals surface area (Å²) in [6, 6.07) is 0. The Bertz CT molecular complexity index is 78.6. The van der Waals surface area contributed by atoms with Crippen molar-refractivity contribution in [2.24, 2.45) is 0 Å². The van der Waals surface area contributed by atoms with Crippen molar-refractivity contribution in [3.05, 3.63) is 0 Å². The predicted octanol–water partition coefficient (Wildman–Crippen LogP) is -6.68. The number of rotatable bonds is 0. The normalized spacial score (nSPS) is 4.73. The molecular weight excluding hydrogens is 457 g/mol. The van der Waals surface area contributed by atoms with Crippen LogP contribution in [0.3, 0.4) is 0 Å². The Kier molecular flexibility index (Phi) is 66.2. The Hall–Kier alpha value is 5.18. The summed E-state index contributed by atoms with van der Waals surface area (Å²) in [5.74, 6) is 0. The van der Waals surface area contributed by atoms with Gasteiger partial charge in [0.15, 0.2) is 0 Å². The maximum Gasteiger partial charge on any atom is 2.00 e. The molecule has 52 valence electrons. The summed E-state index contributed by atoms with van der Waals surface area (Å²) >= 11 is -8.17. The molecule has 0 radical (unpaired) electrons. The molecule has 0 unspecified atom stereocenters. The van der Waals surface area contributed by atoms with Gasteiger partial charge >= 0.3 is 191 Å². The Morgan fingerprint density at radius 3 is 0.818 bits per heavy atom. The van der Waals surface area contributed by atoms with Crippen molar-refractivity contribution >= 4 is 132 Å². The molecule has 0 fully saturated rings. The van der Waals surface area contributed by atoms with E-state index in [0.717, 1.165) is 0 Å². The monoisotopic (exact) mass is 460 g/mol. The molecule has 11 heavy (non-hydrogen) atoms. The summed E-state index contributed by atoms with van der Waals surface area (Å²) in [4.78, 5) is 0. The van der Waals surface area contributed by atoms with Crippen molar-refractivity contribution in [1.29, 1.82) is 0 Å². The van der Waals surface area contributed by atoms with Crippen molar-refractivity contribution in [2.75, 3.05) is 0 Å². The molecule has 0 spiro atoms. The molecule has 0 saturated carbocycles. The average Bonchev–Trinajstić information content (AvgIpc) is 1.25. The first-order valence-corrected chi connectivity index (χ1v) is 5.05. The van der Waals surface area contributed by atoms with Crippen LogP contribution in [0, 0.1) is 0 Å². The van der Waals surface area contributed by atoms with E-state index in [1.807, 2.05) is 0 Å². The van der Waals surface area contributed by atoms with Gasteiger partial charge in [0, 0.05) is 0 Å². The van der Waals surface area contributed by atoms with Gasteiger partial charge in [-0.05, 0) is 0 Å². The Morgan fingerprint density at radius 1 is 0.818 bits per heavy atom. The van der Waals surface area contributed by atoms with E-state index < -0.39 is 37.2 Å². The van der Waals surface area contributed by atoms with Crippen LogP contribution in [0.25, 0.3) is 0 Å². The Morgan fingerprint density at radius 2 is 0.818 bits per heavy atom. The molecular formula is H2BaCaO6SrTi2. The third kappa shape index (κ3) is 98.3. The van der Waals surface area contributed by atoms with Crippen LogP contribution in [0.15, 0.2) is 0 Å². The molecule has 0 atom stereocenters. The molecule has 0 aliphatic heterocycles. The predicted molar refractivity (Wildman–Crippen MR) is 21.4 cm³/mol. The molecule has 0 saturated heterocycles. The molecule has 0 aromatic carbocycles. The zero-order chi connectivity index (χ0) is 7.15. The molecule has 0 amide bonds. The second-order valence-electron chi connectivity index (χ2n) is 0.500. The summed E-state index contributed by atoms with van der Waals surface area (Å²) in [7, 11) is 0. The number of hydrogen-bond donors (Lipinski definition) is 0. The van der Waals surface area contributed by atoms with Crippen LogP contribution in [-0.2, 0) is 43.9 Å². The molecule has 6 nitrogen and oxygen atoms in total. The first kappa shape index (κ1) is 29.8. The first-order chi connectivity index (χ1) is 3.46. The molecule has 0 aliphatic rings. The molecule has 0 rings (SSSR count). The minimum absolute atomic E-state index is 0. The molecule has 0 aromatic heterocycles. The van der Waals surface area contributed by atoms with Crippen LogP contribution >= 0.6 is 0 Å². The van der Waals surface area contributed by atoms with Gasteiger partial charge in [-0.2, -0.15) is 0 Å². The van der Waals surface area contributed by atoms with E-state index in [0.29, 0.717) is 0 Å². The number of hydrogen-bond acceptors (Lipinski definition) is 6. The van der Waals surface area contributed by atoms with Crippen molar-refractivity contribution in [1.82, 2.24) is 0 Å². The van der Waals surface area contributed by atoms with E-state index in [9.17, 15) is 0 Å². The van der Waals surface area contributed by atoms with Crippen LogP contribution in [0.2, 0.25) is 0 Å². The van der Waals surface area contributed by atoms with Gasteiger partial charge in [-0.3, -0.25) is 0 Å². The van der Waals surface area contributed by atoms with E-state index >= 15 is 0 Å². The fourth-order valence-electron chi connectivity index (χ4n) is 0. The fraction of sp³-hybridized carbons (Fsp3) is 0. The van der Waals surface area contributed by atoms with E-state index in [2.05, 4.69) is 0 Å². The van der Waals surface area contributed by atoms with Gasteiger partial charge in [0.05, 0.1) is 0 Å². The minimum atomic E-state index is -4.08. The van der Waals surface area contributed by atoms with Crippen LogP contribution in [-0.4, -0.2) is 132 Å². The van der Waals surface area contributed by atoms with Gasteiger partial charge in [-0.25, -0.2) is 0 Å². The summed E-state index contributed by atoms with van der Waals surface area (Å²) in [6.45, 7) is 0. The average molecular weight is 459 g/mol. The largest absolute Gasteiger partial charge is 2.00 e. The van der Waals surface area contributed by atoms with Crippen LogP contribution in [0.4, 0.5) is 0 Å². The SMILES string of the molecule is [Ba+2].[CaH2].[O]=[Ti]([O-])[O-].[O]=[Ti]([O-])[O-].[Sr+2]. The zero-order valence-electron chi connectivity index (χ0n) is 4.86. The van der Waals surface area contributed by atoms with Crippen molar-refractivity contribution < 1.29 is 58.6 Å². The van der Waals surface area contributed by atoms with Crippen LogP contribution in [0.1, 0.15) is 0 Å². The molecule has 0 aromatic rings. The molecule has 11 heteroatoms. The standard InChI is InChI=1S/Ba.Ca.6O.Sr.2Ti.2H/q+2;;;;4*-1;+2;;;;. The van der Waals surface area contributed by atoms with E-state index in [-0.39, 0.29) is 132 Å². The third-order valence-corrected chi connectivity index (χ3v) is 0. The van der Waals surface area contributed by atoms with Crippen molar-refractivity contribution in [3.63, 3.8) is 0 Å². The summed E-state index contributed by atoms with van der Waals surface area (Å²) < 4.78 is 51.5. The van der Waals surface area contributed by atoms with Gasteiger partial charge in [-0.1, -0.05) is 0 Å². The maximum absolute atomic E-state index is 8.58. The van der Waals surface area contributed by atoms with Crippen molar-refractivity contribution in [3.8, 4) is 0 Å². The Balaban J connectivity index is -0.0000000171. The van der Waals surface area contributed by atoms with Crippen LogP contribution in [0.5, 0.6) is 0 Å². The Labute approximate surface area is 185 Å². The topological polar surface area (TPSA) is 126 Å². The minimum Gasteiger partial charge on any atom is 2.00 e. The van der Waals surface area contributed by atoms with Gasteiger partial charge in [-0.15, -0.1) is 0 Å². The van der Waals surface area contributed by atoms with Gasteiger partial charge in [0.1, 0.15) is 0 Å².